The number of carbonyl (C=O) groups is 1. The SMILES string of the molecule is CCN(CC)CCN(C(=O)Cc1ccc(Cl)s1)c1nc2c(C)c(Cl)ccc2s1.Cl. The average molecular weight is 493 g/mol. The summed E-state index contributed by atoms with van der Waals surface area (Å²) in [5, 5.41) is 1.42. The number of thiazole rings is 1. The Kier molecular flexibility index (Phi) is 9.19. The standard InChI is InChI=1S/C20H23Cl2N3OS2.ClH/c1-4-24(5-2)10-11-25(18(26)12-14-6-9-17(22)27-14)20-23-19-13(3)15(21)7-8-16(19)28-20;/h6-9H,4-5,10-12H2,1-3H3;1H. The maximum Gasteiger partial charge on any atom is 0.234 e. The van der Waals surface area contributed by atoms with Crippen molar-refractivity contribution in [1.82, 2.24) is 9.88 Å². The molecule has 0 radical (unpaired) electrons. The minimum atomic E-state index is 0. The second-order valence-corrected chi connectivity index (χ2v) is 9.69. The summed E-state index contributed by atoms with van der Waals surface area (Å²) >= 11 is 15.3. The van der Waals surface area contributed by atoms with Crippen LogP contribution in [0.15, 0.2) is 24.3 Å². The number of carbonyl (C=O) groups excluding carboxylic acids is 1. The molecule has 2 heterocycles. The van der Waals surface area contributed by atoms with E-state index >= 15 is 0 Å². The van der Waals surface area contributed by atoms with E-state index in [4.69, 9.17) is 28.2 Å². The highest BCUT2D eigenvalue weighted by Gasteiger charge is 2.22. The molecule has 4 nitrogen and oxygen atoms in total. The van der Waals surface area contributed by atoms with E-state index in [9.17, 15) is 4.79 Å². The van der Waals surface area contributed by atoms with Gasteiger partial charge in [0.25, 0.3) is 0 Å². The summed E-state index contributed by atoms with van der Waals surface area (Å²) in [6.45, 7) is 9.54. The maximum absolute atomic E-state index is 13.2. The van der Waals surface area contributed by atoms with Gasteiger partial charge in [0.15, 0.2) is 5.13 Å². The lowest BCUT2D eigenvalue weighted by atomic mass is 10.2. The van der Waals surface area contributed by atoms with Gasteiger partial charge in [-0.05, 0) is 49.8 Å². The summed E-state index contributed by atoms with van der Waals surface area (Å²) in [6.07, 6.45) is 0.325. The lowest BCUT2D eigenvalue weighted by molar-refractivity contribution is -0.118. The van der Waals surface area contributed by atoms with Crippen molar-refractivity contribution in [3.05, 3.63) is 44.1 Å². The van der Waals surface area contributed by atoms with E-state index in [2.05, 4.69) is 18.7 Å². The molecule has 0 saturated carbocycles. The molecule has 0 N–H and O–H groups in total. The molecule has 3 rings (SSSR count). The molecule has 0 fully saturated rings. The van der Waals surface area contributed by atoms with Crippen molar-refractivity contribution >= 4 is 79.5 Å². The van der Waals surface area contributed by atoms with Crippen LogP contribution in [0.2, 0.25) is 9.36 Å². The van der Waals surface area contributed by atoms with Gasteiger partial charge in [-0.3, -0.25) is 9.69 Å². The monoisotopic (exact) mass is 491 g/mol. The third kappa shape index (κ3) is 5.84. The van der Waals surface area contributed by atoms with Crippen molar-refractivity contribution in [3.8, 4) is 0 Å². The summed E-state index contributed by atoms with van der Waals surface area (Å²) in [6, 6.07) is 7.60. The third-order valence-corrected chi connectivity index (χ3v) is 7.44. The Morgan fingerprint density at radius 2 is 1.79 bits per heavy atom. The highest BCUT2D eigenvalue weighted by Crippen LogP contribution is 2.34. The van der Waals surface area contributed by atoms with Crippen molar-refractivity contribution in [2.45, 2.75) is 27.2 Å². The van der Waals surface area contributed by atoms with Crippen LogP contribution in [0.5, 0.6) is 0 Å². The predicted molar refractivity (Wildman–Crippen MR) is 130 cm³/mol. The molecule has 0 unspecified atom stereocenters. The molecule has 2 aromatic heterocycles. The molecule has 1 aromatic carbocycles. The first-order chi connectivity index (χ1) is 13.4. The first-order valence-electron chi connectivity index (χ1n) is 9.25. The van der Waals surface area contributed by atoms with E-state index < -0.39 is 0 Å². The molecule has 0 aliphatic rings. The molecular formula is C20H24Cl3N3OS2. The van der Waals surface area contributed by atoms with E-state index in [0.29, 0.717) is 22.3 Å². The number of thiophene rings is 1. The normalized spacial score (nSPS) is 11.1. The molecular weight excluding hydrogens is 469 g/mol. The lowest BCUT2D eigenvalue weighted by Crippen LogP contribution is -2.39. The van der Waals surface area contributed by atoms with Crippen molar-refractivity contribution in [3.63, 3.8) is 0 Å². The van der Waals surface area contributed by atoms with Crippen molar-refractivity contribution in [2.24, 2.45) is 0 Å². The molecule has 0 saturated heterocycles. The first-order valence-corrected chi connectivity index (χ1v) is 11.6. The topological polar surface area (TPSA) is 36.4 Å². The number of likely N-dealkylation sites (N-methyl/N-ethyl adjacent to an activating group) is 1. The fourth-order valence-electron chi connectivity index (χ4n) is 3.00. The fraction of sp³-hybridized carbons (Fsp3) is 0.400. The number of fused-ring (bicyclic) bond motifs is 1. The summed E-state index contributed by atoms with van der Waals surface area (Å²) in [5.41, 5.74) is 1.81. The van der Waals surface area contributed by atoms with Crippen LogP contribution < -0.4 is 4.90 Å². The molecule has 3 aromatic rings. The number of hydrogen-bond acceptors (Lipinski definition) is 5. The number of nitrogens with zero attached hydrogens (tertiary/aromatic N) is 3. The number of aryl methyl sites for hydroxylation is 1. The van der Waals surface area contributed by atoms with Crippen LogP contribution in [0.1, 0.15) is 24.3 Å². The number of aromatic nitrogens is 1. The Morgan fingerprint density at radius 3 is 2.41 bits per heavy atom. The number of anilines is 1. The summed E-state index contributed by atoms with van der Waals surface area (Å²) < 4.78 is 1.74. The molecule has 1 amide bonds. The number of rotatable bonds is 8. The van der Waals surface area contributed by atoms with Crippen LogP contribution >= 0.6 is 58.3 Å². The quantitative estimate of drug-likeness (QED) is 0.369. The number of benzene rings is 1. The van der Waals surface area contributed by atoms with Gasteiger partial charge in [0.2, 0.25) is 5.91 Å². The molecule has 0 atom stereocenters. The number of halogens is 3. The van der Waals surface area contributed by atoms with Crippen LogP contribution in [0.4, 0.5) is 5.13 Å². The second kappa shape index (κ2) is 10.9. The summed E-state index contributed by atoms with van der Waals surface area (Å²) in [4.78, 5) is 23.0. The van der Waals surface area contributed by atoms with Crippen LogP contribution in [-0.2, 0) is 11.2 Å². The maximum atomic E-state index is 13.2. The highest BCUT2D eigenvalue weighted by atomic mass is 35.5. The molecule has 0 aliphatic carbocycles. The minimum absolute atomic E-state index is 0. The van der Waals surface area contributed by atoms with E-state index in [-0.39, 0.29) is 18.3 Å². The Labute approximate surface area is 195 Å². The zero-order valence-electron chi connectivity index (χ0n) is 16.6. The second-order valence-electron chi connectivity index (χ2n) is 6.47. The molecule has 29 heavy (non-hydrogen) atoms. The Bertz CT molecular complexity index is 969. The van der Waals surface area contributed by atoms with Crippen LogP contribution in [-0.4, -0.2) is 42.0 Å². The number of hydrogen-bond donors (Lipinski definition) is 0. The molecule has 9 heteroatoms. The van der Waals surface area contributed by atoms with Crippen molar-refractivity contribution in [1.29, 1.82) is 0 Å². The first kappa shape index (κ1) is 24.4. The van der Waals surface area contributed by atoms with Crippen LogP contribution in [0.3, 0.4) is 0 Å². The van der Waals surface area contributed by atoms with Gasteiger partial charge in [0.05, 0.1) is 21.0 Å². The van der Waals surface area contributed by atoms with Gasteiger partial charge in [-0.1, -0.05) is 48.4 Å². The predicted octanol–water partition coefficient (Wildman–Crippen LogP) is 6.31. The smallest absolute Gasteiger partial charge is 0.234 e. The Hall–Kier alpha value is -0.890. The van der Waals surface area contributed by atoms with Gasteiger partial charge >= 0.3 is 0 Å². The molecule has 0 aliphatic heterocycles. The zero-order valence-corrected chi connectivity index (χ0v) is 20.5. The fourth-order valence-corrected chi connectivity index (χ4v) is 5.30. The van der Waals surface area contributed by atoms with Gasteiger partial charge in [-0.15, -0.1) is 23.7 Å². The largest absolute Gasteiger partial charge is 0.302 e. The average Bonchev–Trinajstić information content (AvgIpc) is 3.28. The van der Waals surface area contributed by atoms with Crippen LogP contribution in [0, 0.1) is 6.92 Å². The zero-order chi connectivity index (χ0) is 20.3. The minimum Gasteiger partial charge on any atom is -0.302 e. The highest BCUT2D eigenvalue weighted by molar-refractivity contribution is 7.22. The van der Waals surface area contributed by atoms with Crippen LogP contribution in [0.25, 0.3) is 10.2 Å². The van der Waals surface area contributed by atoms with Gasteiger partial charge in [0, 0.05) is 23.0 Å². The summed E-state index contributed by atoms with van der Waals surface area (Å²) in [5.74, 6) is 0.0356. The molecule has 0 bridgehead atoms. The summed E-state index contributed by atoms with van der Waals surface area (Å²) in [7, 11) is 0. The van der Waals surface area contributed by atoms with Crippen molar-refractivity contribution in [2.75, 3.05) is 31.1 Å². The van der Waals surface area contributed by atoms with E-state index in [1.54, 1.807) is 0 Å². The lowest BCUT2D eigenvalue weighted by Gasteiger charge is -2.24. The third-order valence-electron chi connectivity index (χ3n) is 4.76. The van der Waals surface area contributed by atoms with Gasteiger partial charge in [-0.25, -0.2) is 4.98 Å². The van der Waals surface area contributed by atoms with Gasteiger partial charge in [0.1, 0.15) is 0 Å². The molecule has 0 spiro atoms. The Balaban J connectivity index is 0.00000300. The van der Waals surface area contributed by atoms with Gasteiger partial charge < -0.3 is 4.90 Å². The Morgan fingerprint density at radius 1 is 1.07 bits per heavy atom. The van der Waals surface area contributed by atoms with Gasteiger partial charge in [-0.2, -0.15) is 0 Å². The van der Waals surface area contributed by atoms with E-state index in [1.807, 2.05) is 36.1 Å². The van der Waals surface area contributed by atoms with E-state index in [1.165, 1.54) is 22.7 Å². The van der Waals surface area contributed by atoms with E-state index in [0.717, 1.165) is 45.4 Å². The number of amides is 1. The van der Waals surface area contributed by atoms with Crippen molar-refractivity contribution < 1.29 is 4.79 Å². The molecule has 158 valence electrons.